The molecule has 2 aromatic carbocycles. The summed E-state index contributed by atoms with van der Waals surface area (Å²) >= 11 is 0. The van der Waals surface area contributed by atoms with Crippen molar-refractivity contribution in [3.63, 3.8) is 0 Å². The molecule has 0 bridgehead atoms. The molecular formula is C18H22N2O4. The Balaban J connectivity index is 1.77. The van der Waals surface area contributed by atoms with Crippen molar-refractivity contribution in [2.24, 2.45) is 0 Å². The van der Waals surface area contributed by atoms with E-state index in [1.165, 1.54) is 0 Å². The molecule has 0 unspecified atom stereocenters. The van der Waals surface area contributed by atoms with E-state index in [1.54, 1.807) is 32.4 Å². The molecule has 0 radical (unpaired) electrons. The highest BCUT2D eigenvalue weighted by molar-refractivity contribution is 5.89. The number of methoxy groups -OCH3 is 2. The lowest BCUT2D eigenvalue weighted by atomic mass is 10.2. The zero-order valence-electron chi connectivity index (χ0n) is 14.1. The third kappa shape index (κ3) is 5.39. The number of ether oxygens (including phenoxy) is 3. The van der Waals surface area contributed by atoms with Crippen LogP contribution in [0.4, 0.5) is 10.5 Å². The zero-order chi connectivity index (χ0) is 17.4. The molecule has 2 N–H and O–H groups in total. The van der Waals surface area contributed by atoms with E-state index < -0.39 is 0 Å². The molecular weight excluding hydrogens is 308 g/mol. The Labute approximate surface area is 141 Å². The molecule has 0 spiro atoms. The number of carbonyl (C=O) groups is 1. The summed E-state index contributed by atoms with van der Waals surface area (Å²) in [7, 11) is 3.16. The van der Waals surface area contributed by atoms with Crippen LogP contribution in [0.1, 0.15) is 5.56 Å². The van der Waals surface area contributed by atoms with Crippen LogP contribution in [-0.4, -0.2) is 33.4 Å². The Hall–Kier alpha value is -2.89. The van der Waals surface area contributed by atoms with Crippen molar-refractivity contribution in [1.29, 1.82) is 0 Å². The Morgan fingerprint density at radius 3 is 2.29 bits per heavy atom. The van der Waals surface area contributed by atoms with E-state index in [4.69, 9.17) is 14.2 Å². The molecule has 2 amide bonds. The Morgan fingerprint density at radius 1 is 1.00 bits per heavy atom. The quantitative estimate of drug-likeness (QED) is 0.765. The molecule has 2 rings (SSSR count). The van der Waals surface area contributed by atoms with Gasteiger partial charge >= 0.3 is 6.03 Å². The predicted molar refractivity (Wildman–Crippen MR) is 93.2 cm³/mol. The van der Waals surface area contributed by atoms with Gasteiger partial charge in [-0.2, -0.15) is 0 Å². The molecule has 0 fully saturated rings. The van der Waals surface area contributed by atoms with Gasteiger partial charge in [0.15, 0.2) is 0 Å². The fraction of sp³-hybridized carbons (Fsp3) is 0.278. The maximum absolute atomic E-state index is 11.8. The molecule has 0 atom stereocenters. The highest BCUT2D eigenvalue weighted by atomic mass is 16.5. The van der Waals surface area contributed by atoms with Crippen molar-refractivity contribution in [2.45, 2.75) is 6.92 Å². The number of rotatable bonds is 7. The summed E-state index contributed by atoms with van der Waals surface area (Å²) in [5, 5.41) is 5.51. The first kappa shape index (κ1) is 17.5. The predicted octanol–water partition coefficient (Wildman–Crippen LogP) is 3.21. The first-order valence-corrected chi connectivity index (χ1v) is 7.58. The minimum atomic E-state index is -0.271. The Bertz CT molecular complexity index is 666. The molecule has 2 aromatic rings. The molecule has 0 aliphatic rings. The van der Waals surface area contributed by atoms with Gasteiger partial charge < -0.3 is 24.8 Å². The lowest BCUT2D eigenvalue weighted by Gasteiger charge is -2.11. The van der Waals surface area contributed by atoms with Crippen LogP contribution >= 0.6 is 0 Å². The van der Waals surface area contributed by atoms with Gasteiger partial charge in [0.1, 0.15) is 23.9 Å². The second kappa shape index (κ2) is 8.67. The number of urea groups is 1. The van der Waals surface area contributed by atoms with Gasteiger partial charge in [-0.1, -0.05) is 12.1 Å². The monoisotopic (exact) mass is 330 g/mol. The maximum Gasteiger partial charge on any atom is 0.319 e. The topological polar surface area (TPSA) is 68.8 Å². The van der Waals surface area contributed by atoms with Crippen molar-refractivity contribution in [2.75, 3.05) is 32.7 Å². The van der Waals surface area contributed by atoms with Gasteiger partial charge in [0.25, 0.3) is 0 Å². The number of anilines is 1. The second-order valence-corrected chi connectivity index (χ2v) is 5.15. The van der Waals surface area contributed by atoms with E-state index in [0.29, 0.717) is 30.4 Å². The second-order valence-electron chi connectivity index (χ2n) is 5.15. The fourth-order valence-corrected chi connectivity index (χ4v) is 2.10. The van der Waals surface area contributed by atoms with Crippen LogP contribution in [0.25, 0.3) is 0 Å². The lowest BCUT2D eigenvalue weighted by molar-refractivity contribution is 0.247. The smallest absolute Gasteiger partial charge is 0.319 e. The Kier molecular flexibility index (Phi) is 6.31. The largest absolute Gasteiger partial charge is 0.496 e. The number of benzene rings is 2. The van der Waals surface area contributed by atoms with Crippen LogP contribution in [0.15, 0.2) is 42.5 Å². The van der Waals surface area contributed by atoms with E-state index in [0.717, 1.165) is 11.3 Å². The van der Waals surface area contributed by atoms with E-state index >= 15 is 0 Å². The molecule has 6 heteroatoms. The van der Waals surface area contributed by atoms with E-state index in [1.807, 2.05) is 31.2 Å². The van der Waals surface area contributed by atoms with Gasteiger partial charge in [-0.3, -0.25) is 0 Å². The number of amides is 2. The fourth-order valence-electron chi connectivity index (χ4n) is 2.10. The first-order valence-electron chi connectivity index (χ1n) is 7.58. The summed E-state index contributed by atoms with van der Waals surface area (Å²) in [6, 6.07) is 12.6. The summed E-state index contributed by atoms with van der Waals surface area (Å²) < 4.78 is 16.0. The van der Waals surface area contributed by atoms with Crippen LogP contribution < -0.4 is 24.8 Å². The molecule has 6 nitrogen and oxygen atoms in total. The van der Waals surface area contributed by atoms with Crippen molar-refractivity contribution < 1.29 is 19.0 Å². The van der Waals surface area contributed by atoms with Crippen molar-refractivity contribution >= 4 is 11.7 Å². The number of nitrogens with one attached hydrogen (secondary N) is 2. The minimum Gasteiger partial charge on any atom is -0.496 e. The van der Waals surface area contributed by atoms with Gasteiger partial charge in [0.2, 0.25) is 0 Å². The minimum absolute atomic E-state index is 0.271. The Morgan fingerprint density at radius 2 is 1.67 bits per heavy atom. The zero-order valence-corrected chi connectivity index (χ0v) is 14.1. The van der Waals surface area contributed by atoms with Gasteiger partial charge in [-0.25, -0.2) is 4.79 Å². The van der Waals surface area contributed by atoms with Crippen LogP contribution in [0.3, 0.4) is 0 Å². The molecule has 0 saturated carbocycles. The molecule has 0 aliphatic carbocycles. The summed E-state index contributed by atoms with van der Waals surface area (Å²) in [5.41, 5.74) is 1.84. The molecule has 0 aromatic heterocycles. The number of carbonyl (C=O) groups excluding carboxylic acids is 1. The molecule has 0 heterocycles. The highest BCUT2D eigenvalue weighted by Gasteiger charge is 2.04. The third-order valence-corrected chi connectivity index (χ3v) is 3.26. The van der Waals surface area contributed by atoms with E-state index in [2.05, 4.69) is 10.6 Å². The normalized spacial score (nSPS) is 9.96. The van der Waals surface area contributed by atoms with Crippen LogP contribution in [0.2, 0.25) is 0 Å². The summed E-state index contributed by atoms with van der Waals surface area (Å²) in [6.07, 6.45) is 0. The van der Waals surface area contributed by atoms with Crippen LogP contribution in [0, 0.1) is 6.92 Å². The van der Waals surface area contributed by atoms with Crippen molar-refractivity contribution in [3.8, 4) is 17.2 Å². The van der Waals surface area contributed by atoms with Gasteiger partial charge in [0, 0.05) is 23.9 Å². The van der Waals surface area contributed by atoms with E-state index in [-0.39, 0.29) is 6.03 Å². The van der Waals surface area contributed by atoms with Crippen molar-refractivity contribution in [1.82, 2.24) is 5.32 Å². The number of hydrogen-bond acceptors (Lipinski definition) is 4. The number of hydrogen-bond donors (Lipinski definition) is 2. The van der Waals surface area contributed by atoms with Crippen LogP contribution in [0.5, 0.6) is 17.2 Å². The van der Waals surface area contributed by atoms with Gasteiger partial charge in [0.05, 0.1) is 20.8 Å². The summed E-state index contributed by atoms with van der Waals surface area (Å²) in [4.78, 5) is 11.8. The van der Waals surface area contributed by atoms with Gasteiger partial charge in [-0.05, 0) is 24.6 Å². The molecule has 0 saturated heterocycles. The first-order chi connectivity index (χ1) is 11.6. The average Bonchev–Trinajstić information content (AvgIpc) is 2.58. The summed E-state index contributed by atoms with van der Waals surface area (Å²) in [5.74, 6) is 1.91. The van der Waals surface area contributed by atoms with E-state index in [9.17, 15) is 4.79 Å². The SMILES string of the molecule is COc1cc(OC)cc(OCCNC(=O)Nc2cccc(C)c2)c1. The highest BCUT2D eigenvalue weighted by Crippen LogP contribution is 2.27. The van der Waals surface area contributed by atoms with Gasteiger partial charge in [-0.15, -0.1) is 0 Å². The molecule has 24 heavy (non-hydrogen) atoms. The standard InChI is InChI=1S/C18H22N2O4/c1-13-5-4-6-14(9-13)20-18(21)19-7-8-24-17-11-15(22-2)10-16(12-17)23-3/h4-6,9-12H,7-8H2,1-3H3,(H2,19,20,21). The number of aryl methyl sites for hydroxylation is 1. The average molecular weight is 330 g/mol. The van der Waals surface area contributed by atoms with Crippen LogP contribution in [-0.2, 0) is 0 Å². The lowest BCUT2D eigenvalue weighted by Crippen LogP contribution is -2.32. The summed E-state index contributed by atoms with van der Waals surface area (Å²) in [6.45, 7) is 2.67. The molecule has 128 valence electrons. The molecule has 0 aliphatic heterocycles. The third-order valence-electron chi connectivity index (χ3n) is 3.26. The van der Waals surface area contributed by atoms with Crippen molar-refractivity contribution in [3.05, 3.63) is 48.0 Å². The maximum atomic E-state index is 11.8.